The van der Waals surface area contributed by atoms with Gasteiger partial charge in [0.15, 0.2) is 0 Å². The lowest BCUT2D eigenvalue weighted by atomic mass is 9.97. The predicted molar refractivity (Wildman–Crippen MR) is 82.5 cm³/mol. The van der Waals surface area contributed by atoms with Crippen molar-refractivity contribution in [2.45, 2.75) is 51.6 Å². The van der Waals surface area contributed by atoms with E-state index in [0.29, 0.717) is 17.4 Å². The minimum atomic E-state index is 0.265. The van der Waals surface area contributed by atoms with Crippen LogP contribution in [0.4, 0.5) is 11.4 Å². The maximum absolute atomic E-state index is 6.04. The molecule has 0 spiro atoms. The lowest BCUT2D eigenvalue weighted by Gasteiger charge is -2.27. The number of hydrogen-bond donors (Lipinski definition) is 2. The van der Waals surface area contributed by atoms with Crippen molar-refractivity contribution >= 4 is 16.9 Å². The van der Waals surface area contributed by atoms with Crippen molar-refractivity contribution in [2.75, 3.05) is 11.5 Å². The summed E-state index contributed by atoms with van der Waals surface area (Å²) in [4.78, 5) is 6.04. The Bertz CT molecular complexity index is 547. The smallest absolute Gasteiger partial charge is 0.127 e. The quantitative estimate of drug-likeness (QED) is 0.812. The van der Waals surface area contributed by atoms with Crippen molar-refractivity contribution in [1.82, 2.24) is 5.06 Å². The Morgan fingerprint density at radius 1 is 1.15 bits per heavy atom. The first kappa shape index (κ1) is 13.3. The molecular formula is C16H23N3O. The van der Waals surface area contributed by atoms with E-state index in [1.807, 2.05) is 25.1 Å². The van der Waals surface area contributed by atoms with Gasteiger partial charge in [-0.05, 0) is 44.4 Å². The molecule has 3 rings (SSSR count). The van der Waals surface area contributed by atoms with E-state index in [2.05, 4.69) is 12.0 Å². The number of hydrogen-bond acceptors (Lipinski definition) is 4. The normalized spacial score (nSPS) is 24.4. The summed E-state index contributed by atoms with van der Waals surface area (Å²) < 4.78 is 0. The number of nitrogens with zero attached hydrogens (tertiary/aromatic N) is 1. The molecular weight excluding hydrogens is 250 g/mol. The van der Waals surface area contributed by atoms with Crippen LogP contribution in [-0.4, -0.2) is 17.1 Å². The zero-order chi connectivity index (χ0) is 14.3. The highest BCUT2D eigenvalue weighted by Crippen LogP contribution is 2.39. The molecule has 4 nitrogen and oxygen atoms in total. The van der Waals surface area contributed by atoms with Crippen LogP contribution in [0, 0.1) is 0 Å². The minimum Gasteiger partial charge on any atom is -0.410 e. The second-order valence-corrected chi connectivity index (χ2v) is 5.88. The van der Waals surface area contributed by atoms with Gasteiger partial charge in [-0.2, -0.15) is 0 Å². The number of rotatable bonds is 2. The molecule has 20 heavy (non-hydrogen) atoms. The van der Waals surface area contributed by atoms with Crippen molar-refractivity contribution in [1.29, 1.82) is 0 Å². The molecule has 2 aliphatic rings. The molecule has 0 saturated heterocycles. The van der Waals surface area contributed by atoms with E-state index in [1.54, 1.807) is 0 Å². The van der Waals surface area contributed by atoms with Gasteiger partial charge < -0.3 is 16.3 Å². The SMILES string of the molecule is CC1=C(c2ccc(N)c(N)c2)C(C)N(C2CCCC2)O1. The topological polar surface area (TPSA) is 64.5 Å². The van der Waals surface area contributed by atoms with Crippen LogP contribution in [0.5, 0.6) is 0 Å². The summed E-state index contributed by atoms with van der Waals surface area (Å²) in [6.45, 7) is 4.24. The van der Waals surface area contributed by atoms with Gasteiger partial charge in [-0.1, -0.05) is 18.9 Å². The largest absolute Gasteiger partial charge is 0.410 e. The summed E-state index contributed by atoms with van der Waals surface area (Å²) in [6.07, 6.45) is 5.07. The summed E-state index contributed by atoms with van der Waals surface area (Å²) in [5.41, 5.74) is 15.3. The Balaban J connectivity index is 1.88. The molecule has 1 saturated carbocycles. The maximum atomic E-state index is 6.04. The maximum Gasteiger partial charge on any atom is 0.127 e. The molecule has 0 aromatic heterocycles. The molecule has 1 atom stereocenters. The van der Waals surface area contributed by atoms with Crippen molar-refractivity contribution in [3.05, 3.63) is 29.5 Å². The molecule has 1 aromatic carbocycles. The van der Waals surface area contributed by atoms with Crippen LogP contribution in [0.25, 0.3) is 5.57 Å². The monoisotopic (exact) mass is 273 g/mol. The fourth-order valence-electron chi connectivity index (χ4n) is 3.44. The molecule has 1 heterocycles. The fraction of sp³-hybridized carbons (Fsp3) is 0.500. The van der Waals surface area contributed by atoms with Gasteiger partial charge in [-0.15, -0.1) is 5.06 Å². The Morgan fingerprint density at radius 2 is 1.85 bits per heavy atom. The van der Waals surface area contributed by atoms with E-state index in [1.165, 1.54) is 31.3 Å². The van der Waals surface area contributed by atoms with Gasteiger partial charge in [-0.25, -0.2) is 0 Å². The van der Waals surface area contributed by atoms with E-state index in [4.69, 9.17) is 16.3 Å². The van der Waals surface area contributed by atoms with E-state index in [-0.39, 0.29) is 6.04 Å². The van der Waals surface area contributed by atoms with Gasteiger partial charge in [0.1, 0.15) is 5.76 Å². The minimum absolute atomic E-state index is 0.265. The van der Waals surface area contributed by atoms with Crippen LogP contribution in [0.15, 0.2) is 24.0 Å². The Labute approximate surface area is 120 Å². The van der Waals surface area contributed by atoms with Gasteiger partial charge in [0.05, 0.1) is 17.4 Å². The molecule has 1 aliphatic carbocycles. The summed E-state index contributed by atoms with van der Waals surface area (Å²) in [5.74, 6) is 0.980. The van der Waals surface area contributed by atoms with Crippen LogP contribution >= 0.6 is 0 Å². The van der Waals surface area contributed by atoms with E-state index >= 15 is 0 Å². The van der Waals surface area contributed by atoms with Gasteiger partial charge in [-0.3, -0.25) is 0 Å². The molecule has 0 radical (unpaired) electrons. The second kappa shape index (κ2) is 5.02. The number of anilines is 2. The van der Waals surface area contributed by atoms with E-state index in [9.17, 15) is 0 Å². The predicted octanol–water partition coefficient (Wildman–Crippen LogP) is 3.16. The summed E-state index contributed by atoms with van der Waals surface area (Å²) in [5, 5.41) is 2.17. The lowest BCUT2D eigenvalue weighted by Crippen LogP contribution is -2.36. The van der Waals surface area contributed by atoms with Gasteiger partial charge in [0.2, 0.25) is 0 Å². The first-order valence-electron chi connectivity index (χ1n) is 7.40. The first-order valence-corrected chi connectivity index (χ1v) is 7.40. The van der Waals surface area contributed by atoms with Crippen molar-refractivity contribution in [3.63, 3.8) is 0 Å². The Kier molecular flexibility index (Phi) is 3.34. The highest BCUT2D eigenvalue weighted by Gasteiger charge is 2.36. The van der Waals surface area contributed by atoms with Crippen molar-refractivity contribution in [3.8, 4) is 0 Å². The zero-order valence-corrected chi connectivity index (χ0v) is 12.2. The summed E-state index contributed by atoms with van der Waals surface area (Å²) >= 11 is 0. The zero-order valence-electron chi connectivity index (χ0n) is 12.2. The molecule has 4 N–H and O–H groups in total. The molecule has 0 amide bonds. The molecule has 108 valence electrons. The summed E-state index contributed by atoms with van der Waals surface area (Å²) in [6, 6.07) is 6.66. The van der Waals surface area contributed by atoms with E-state index in [0.717, 1.165) is 11.3 Å². The number of benzene rings is 1. The average molecular weight is 273 g/mol. The van der Waals surface area contributed by atoms with Gasteiger partial charge in [0, 0.05) is 11.6 Å². The second-order valence-electron chi connectivity index (χ2n) is 5.88. The van der Waals surface area contributed by atoms with Crippen molar-refractivity contribution < 1.29 is 4.84 Å². The number of hydroxylamine groups is 2. The first-order chi connectivity index (χ1) is 9.58. The molecule has 1 aromatic rings. The molecule has 1 unspecified atom stereocenters. The third kappa shape index (κ3) is 2.14. The number of nitrogen functional groups attached to an aromatic ring is 2. The number of nitrogens with two attached hydrogens (primary N) is 2. The third-order valence-electron chi connectivity index (χ3n) is 4.50. The molecule has 0 bridgehead atoms. The van der Waals surface area contributed by atoms with Crippen LogP contribution in [0.2, 0.25) is 0 Å². The van der Waals surface area contributed by atoms with Crippen LogP contribution in [0.1, 0.15) is 45.1 Å². The van der Waals surface area contributed by atoms with Gasteiger partial charge >= 0.3 is 0 Å². The van der Waals surface area contributed by atoms with Crippen LogP contribution < -0.4 is 11.5 Å². The van der Waals surface area contributed by atoms with Crippen LogP contribution in [0.3, 0.4) is 0 Å². The fourth-order valence-corrected chi connectivity index (χ4v) is 3.44. The third-order valence-corrected chi connectivity index (χ3v) is 4.50. The average Bonchev–Trinajstić information content (AvgIpc) is 3.02. The van der Waals surface area contributed by atoms with E-state index < -0.39 is 0 Å². The molecule has 1 fully saturated rings. The van der Waals surface area contributed by atoms with Crippen LogP contribution in [-0.2, 0) is 4.84 Å². The highest BCUT2D eigenvalue weighted by atomic mass is 16.7. The summed E-state index contributed by atoms with van der Waals surface area (Å²) in [7, 11) is 0. The van der Waals surface area contributed by atoms with Crippen molar-refractivity contribution in [2.24, 2.45) is 0 Å². The molecule has 1 aliphatic heterocycles. The Hall–Kier alpha value is -1.68. The van der Waals surface area contributed by atoms with Gasteiger partial charge in [0.25, 0.3) is 0 Å². The highest BCUT2D eigenvalue weighted by molar-refractivity contribution is 5.77. The lowest BCUT2D eigenvalue weighted by molar-refractivity contribution is -0.143. The number of allylic oxidation sites excluding steroid dienone is 1. The standard InChI is InChI=1S/C16H23N3O/c1-10-16(12-7-8-14(17)15(18)9-12)11(2)20-19(10)13-5-3-4-6-13/h7-10,13H,3-6,17-18H2,1-2H3. The molecule has 4 heteroatoms. The Morgan fingerprint density at radius 3 is 2.50 bits per heavy atom.